The first-order chi connectivity index (χ1) is 10.8. The molecule has 0 aromatic heterocycles. The van der Waals surface area contributed by atoms with Crippen LogP contribution in [0.15, 0.2) is 0 Å². The summed E-state index contributed by atoms with van der Waals surface area (Å²) in [7, 11) is 0. The van der Waals surface area contributed by atoms with E-state index in [4.69, 9.17) is 4.74 Å². The van der Waals surface area contributed by atoms with Gasteiger partial charge in [-0.2, -0.15) is 0 Å². The molecule has 0 bridgehead atoms. The van der Waals surface area contributed by atoms with E-state index < -0.39 is 0 Å². The lowest BCUT2D eigenvalue weighted by atomic mass is 9.94. The van der Waals surface area contributed by atoms with Crippen molar-refractivity contribution in [2.75, 3.05) is 0 Å². The fourth-order valence-electron chi connectivity index (χ4n) is 2.93. The zero-order chi connectivity index (χ0) is 16.5. The zero-order valence-corrected chi connectivity index (χ0v) is 15.4. The Kier molecular flexibility index (Phi) is 16.4. The first-order valence-electron chi connectivity index (χ1n) is 9.74. The fraction of sp³-hybridized carbons (Fsp3) is 0.900. The van der Waals surface area contributed by atoms with Crippen molar-refractivity contribution in [3.63, 3.8) is 0 Å². The average molecular weight is 312 g/mol. The highest BCUT2D eigenvalue weighted by Crippen LogP contribution is 2.20. The van der Waals surface area contributed by atoms with Crippen LogP contribution < -0.4 is 0 Å². The molecule has 0 aliphatic carbocycles. The van der Waals surface area contributed by atoms with Gasteiger partial charge in [-0.15, -0.1) is 0 Å². The van der Waals surface area contributed by atoms with Crippen molar-refractivity contribution >= 4 is 5.97 Å². The van der Waals surface area contributed by atoms with Crippen LogP contribution in [0.5, 0.6) is 0 Å². The van der Waals surface area contributed by atoms with E-state index in [-0.39, 0.29) is 11.9 Å². The normalized spacial score (nSPS) is 12.3. The molecule has 1 atom stereocenters. The van der Waals surface area contributed by atoms with Gasteiger partial charge in [-0.1, -0.05) is 90.9 Å². The maximum Gasteiger partial charge on any atom is 0.309 e. The summed E-state index contributed by atoms with van der Waals surface area (Å²) in [6.07, 6.45) is 17.5. The van der Waals surface area contributed by atoms with Crippen LogP contribution in [-0.2, 0) is 9.53 Å². The molecule has 0 rings (SSSR count). The van der Waals surface area contributed by atoms with E-state index >= 15 is 0 Å². The standard InChI is InChI=1S/C20H39O2/c1-4-7-9-11-12-14-16-18-19(20(21)22-6-3)17-15-13-10-8-5-2/h6,19H,4-5,7-18H2,1-3H3. The highest BCUT2D eigenvalue weighted by Gasteiger charge is 2.18. The lowest BCUT2D eigenvalue weighted by Gasteiger charge is -2.15. The van der Waals surface area contributed by atoms with Crippen molar-refractivity contribution in [2.24, 2.45) is 5.92 Å². The minimum absolute atomic E-state index is 0.0102. The molecule has 0 aliphatic heterocycles. The molecule has 1 radical (unpaired) electrons. The van der Waals surface area contributed by atoms with Gasteiger partial charge in [0.25, 0.3) is 0 Å². The minimum Gasteiger partial charge on any atom is -0.459 e. The summed E-state index contributed by atoms with van der Waals surface area (Å²) < 4.78 is 5.13. The quantitative estimate of drug-likeness (QED) is 0.231. The van der Waals surface area contributed by atoms with Gasteiger partial charge in [-0.05, 0) is 19.8 Å². The topological polar surface area (TPSA) is 26.3 Å². The molecule has 131 valence electrons. The van der Waals surface area contributed by atoms with E-state index in [1.807, 2.05) is 0 Å². The van der Waals surface area contributed by atoms with E-state index in [2.05, 4.69) is 13.8 Å². The van der Waals surface area contributed by atoms with Crippen molar-refractivity contribution < 1.29 is 9.53 Å². The third kappa shape index (κ3) is 13.2. The summed E-state index contributed by atoms with van der Waals surface area (Å²) in [6.45, 7) is 7.79. The van der Waals surface area contributed by atoms with Crippen LogP contribution in [0.2, 0.25) is 0 Å². The first-order valence-corrected chi connectivity index (χ1v) is 9.74. The van der Waals surface area contributed by atoms with Gasteiger partial charge < -0.3 is 4.74 Å². The van der Waals surface area contributed by atoms with Crippen LogP contribution in [0.25, 0.3) is 0 Å². The Bertz CT molecular complexity index is 238. The summed E-state index contributed by atoms with van der Waals surface area (Å²) in [4.78, 5) is 12.0. The van der Waals surface area contributed by atoms with Crippen LogP contribution in [0, 0.1) is 12.5 Å². The number of esters is 1. The highest BCUT2D eigenvalue weighted by atomic mass is 16.5. The molecular formula is C20H39O2. The highest BCUT2D eigenvalue weighted by molar-refractivity contribution is 5.72. The monoisotopic (exact) mass is 311 g/mol. The maximum absolute atomic E-state index is 12.0. The van der Waals surface area contributed by atoms with E-state index in [0.29, 0.717) is 0 Å². The van der Waals surface area contributed by atoms with E-state index in [9.17, 15) is 4.79 Å². The summed E-state index contributed by atoms with van der Waals surface area (Å²) in [5, 5.41) is 0. The second kappa shape index (κ2) is 16.8. The summed E-state index contributed by atoms with van der Waals surface area (Å²) in [6, 6.07) is 0. The van der Waals surface area contributed by atoms with Gasteiger partial charge in [0.1, 0.15) is 6.61 Å². The summed E-state index contributed by atoms with van der Waals surface area (Å²) in [5.41, 5.74) is 0. The number of rotatable bonds is 16. The molecule has 2 nitrogen and oxygen atoms in total. The summed E-state index contributed by atoms with van der Waals surface area (Å²) in [5.74, 6) is 0.109. The van der Waals surface area contributed by atoms with Crippen molar-refractivity contribution in [1.82, 2.24) is 0 Å². The molecule has 0 aliphatic rings. The number of carbonyl (C=O) groups is 1. The largest absolute Gasteiger partial charge is 0.459 e. The van der Waals surface area contributed by atoms with Gasteiger partial charge in [0.2, 0.25) is 0 Å². The number of ether oxygens (including phenoxy) is 1. The molecule has 0 N–H and O–H groups in total. The van der Waals surface area contributed by atoms with Crippen LogP contribution >= 0.6 is 0 Å². The van der Waals surface area contributed by atoms with E-state index in [1.165, 1.54) is 83.7 Å². The average Bonchev–Trinajstić information content (AvgIpc) is 2.52. The molecule has 0 aromatic rings. The van der Waals surface area contributed by atoms with Crippen molar-refractivity contribution in [3.8, 4) is 0 Å². The molecule has 0 heterocycles. The fourth-order valence-corrected chi connectivity index (χ4v) is 2.93. The first kappa shape index (κ1) is 21.5. The van der Waals surface area contributed by atoms with E-state index in [0.717, 1.165) is 12.8 Å². The molecule has 0 aromatic carbocycles. The summed E-state index contributed by atoms with van der Waals surface area (Å²) >= 11 is 0. The van der Waals surface area contributed by atoms with Gasteiger partial charge >= 0.3 is 5.97 Å². The third-order valence-electron chi connectivity index (χ3n) is 4.38. The van der Waals surface area contributed by atoms with Crippen LogP contribution in [0.3, 0.4) is 0 Å². The smallest absolute Gasteiger partial charge is 0.309 e. The number of carbonyl (C=O) groups excluding carboxylic acids is 1. The predicted octanol–water partition coefficient (Wildman–Crippen LogP) is 6.83. The Morgan fingerprint density at radius 1 is 0.773 bits per heavy atom. The van der Waals surface area contributed by atoms with Crippen LogP contribution in [0.1, 0.15) is 111 Å². The number of unbranched alkanes of at least 4 members (excludes halogenated alkanes) is 10. The second-order valence-corrected chi connectivity index (χ2v) is 6.48. The Morgan fingerprint density at radius 3 is 1.59 bits per heavy atom. The predicted molar refractivity (Wildman–Crippen MR) is 95.5 cm³/mol. The lowest BCUT2D eigenvalue weighted by molar-refractivity contribution is -0.145. The van der Waals surface area contributed by atoms with Crippen LogP contribution in [-0.4, -0.2) is 5.97 Å². The molecule has 0 saturated carbocycles. The molecule has 0 fully saturated rings. The Balaban J connectivity index is 3.80. The van der Waals surface area contributed by atoms with E-state index in [1.54, 1.807) is 6.92 Å². The van der Waals surface area contributed by atoms with Crippen molar-refractivity contribution in [1.29, 1.82) is 0 Å². The van der Waals surface area contributed by atoms with Crippen molar-refractivity contribution in [2.45, 2.75) is 111 Å². The molecular weight excluding hydrogens is 272 g/mol. The second-order valence-electron chi connectivity index (χ2n) is 6.48. The molecule has 0 saturated heterocycles. The lowest BCUT2D eigenvalue weighted by Crippen LogP contribution is -2.16. The van der Waals surface area contributed by atoms with Crippen molar-refractivity contribution in [3.05, 3.63) is 6.61 Å². The van der Waals surface area contributed by atoms with Gasteiger partial charge in [-0.25, -0.2) is 0 Å². The molecule has 0 amide bonds. The van der Waals surface area contributed by atoms with Crippen LogP contribution in [0.4, 0.5) is 0 Å². The minimum atomic E-state index is -0.0102. The molecule has 22 heavy (non-hydrogen) atoms. The van der Waals surface area contributed by atoms with Gasteiger partial charge in [0.15, 0.2) is 0 Å². The van der Waals surface area contributed by atoms with Gasteiger partial charge in [-0.3, -0.25) is 4.79 Å². The van der Waals surface area contributed by atoms with Gasteiger partial charge in [0.05, 0.1) is 5.92 Å². The maximum atomic E-state index is 12.0. The number of hydrogen-bond acceptors (Lipinski definition) is 2. The third-order valence-corrected chi connectivity index (χ3v) is 4.38. The Labute approximate surface area is 139 Å². The molecule has 0 spiro atoms. The van der Waals surface area contributed by atoms with Gasteiger partial charge in [0, 0.05) is 0 Å². The SMILES string of the molecule is C[CH]OC(=O)C(CCCCCCC)CCCCCCCCC. The molecule has 1 unspecified atom stereocenters. The Hall–Kier alpha value is -0.530. The number of hydrogen-bond donors (Lipinski definition) is 0. The molecule has 2 heteroatoms. The zero-order valence-electron chi connectivity index (χ0n) is 15.4. The Morgan fingerprint density at radius 2 is 1.18 bits per heavy atom.